The summed E-state index contributed by atoms with van der Waals surface area (Å²) >= 11 is 0. The first-order chi connectivity index (χ1) is 11.4. The summed E-state index contributed by atoms with van der Waals surface area (Å²) in [5.41, 5.74) is 2.58. The Morgan fingerprint density at radius 1 is 1.38 bits per heavy atom. The second-order valence-corrected chi connectivity index (χ2v) is 7.30. The van der Waals surface area contributed by atoms with Gasteiger partial charge in [-0.2, -0.15) is 0 Å². The molecule has 2 amide bonds. The zero-order valence-electron chi connectivity index (χ0n) is 14.6. The fourth-order valence-corrected chi connectivity index (χ4v) is 3.84. The Morgan fingerprint density at radius 2 is 2.08 bits per heavy atom. The lowest BCUT2D eigenvalue weighted by molar-refractivity contribution is -0.117. The molecule has 1 saturated carbocycles. The van der Waals surface area contributed by atoms with E-state index >= 15 is 0 Å². The van der Waals surface area contributed by atoms with E-state index in [9.17, 15) is 14.7 Å². The molecule has 0 radical (unpaired) electrons. The zero-order valence-corrected chi connectivity index (χ0v) is 14.6. The molecule has 2 unspecified atom stereocenters. The number of fused-ring (bicyclic) bond motifs is 1. The number of nitrogens with zero attached hydrogens (tertiary/aromatic N) is 1. The van der Waals surface area contributed by atoms with Crippen LogP contribution in [0.25, 0.3) is 0 Å². The summed E-state index contributed by atoms with van der Waals surface area (Å²) in [7, 11) is 0. The van der Waals surface area contributed by atoms with Gasteiger partial charge in [-0.1, -0.05) is 6.92 Å². The van der Waals surface area contributed by atoms with E-state index in [4.69, 9.17) is 0 Å². The summed E-state index contributed by atoms with van der Waals surface area (Å²) in [6.07, 6.45) is 2.72. The van der Waals surface area contributed by atoms with Gasteiger partial charge in [-0.15, -0.1) is 0 Å². The van der Waals surface area contributed by atoms with E-state index in [2.05, 4.69) is 12.2 Å². The number of carbonyl (C=O) groups is 2. The van der Waals surface area contributed by atoms with E-state index in [1.165, 1.54) is 12.8 Å². The van der Waals surface area contributed by atoms with E-state index in [1.807, 2.05) is 17.0 Å². The molecule has 1 heterocycles. The Bertz CT molecular complexity index is 652. The lowest BCUT2D eigenvalue weighted by Crippen LogP contribution is -2.48. The second-order valence-electron chi connectivity index (χ2n) is 7.30. The number of anilines is 1. The Labute approximate surface area is 143 Å². The summed E-state index contributed by atoms with van der Waals surface area (Å²) in [5.74, 6) is 0.895. The van der Waals surface area contributed by atoms with Crippen LogP contribution >= 0.6 is 0 Å². The van der Waals surface area contributed by atoms with Gasteiger partial charge in [0.2, 0.25) is 5.91 Å². The van der Waals surface area contributed by atoms with Crippen molar-refractivity contribution < 1.29 is 14.7 Å². The van der Waals surface area contributed by atoms with Crippen molar-refractivity contribution in [2.24, 2.45) is 11.8 Å². The smallest absolute Gasteiger partial charge is 0.251 e. The second kappa shape index (κ2) is 6.55. The molecular formula is C19H26N2O3. The highest BCUT2D eigenvalue weighted by Crippen LogP contribution is 2.45. The van der Waals surface area contributed by atoms with Crippen LogP contribution in [0, 0.1) is 11.8 Å². The van der Waals surface area contributed by atoms with Crippen LogP contribution in [0.5, 0.6) is 0 Å². The first kappa shape index (κ1) is 17.0. The van der Waals surface area contributed by atoms with Crippen LogP contribution in [0.1, 0.15) is 49.5 Å². The molecule has 1 fully saturated rings. The van der Waals surface area contributed by atoms with E-state index in [1.54, 1.807) is 19.9 Å². The van der Waals surface area contributed by atoms with Crippen LogP contribution in [0.3, 0.4) is 0 Å². The normalized spacial score (nSPS) is 24.2. The largest absolute Gasteiger partial charge is 0.392 e. The molecule has 0 aromatic heterocycles. The number of hydrogen-bond acceptors (Lipinski definition) is 3. The van der Waals surface area contributed by atoms with Crippen LogP contribution in [0.2, 0.25) is 0 Å². The summed E-state index contributed by atoms with van der Waals surface area (Å²) in [4.78, 5) is 26.4. The molecule has 5 nitrogen and oxygen atoms in total. The van der Waals surface area contributed by atoms with Crippen molar-refractivity contribution in [1.29, 1.82) is 0 Å². The third-order valence-electron chi connectivity index (χ3n) is 5.03. The van der Waals surface area contributed by atoms with Gasteiger partial charge in [0, 0.05) is 30.8 Å². The molecule has 3 atom stereocenters. The number of amides is 2. The van der Waals surface area contributed by atoms with Crippen LogP contribution in [-0.2, 0) is 11.2 Å². The molecular weight excluding hydrogens is 304 g/mol. The Kier molecular flexibility index (Phi) is 4.63. The maximum Gasteiger partial charge on any atom is 0.251 e. The molecule has 0 spiro atoms. The summed E-state index contributed by atoms with van der Waals surface area (Å²) < 4.78 is 0. The van der Waals surface area contributed by atoms with Crippen molar-refractivity contribution in [1.82, 2.24) is 5.32 Å². The average molecular weight is 330 g/mol. The van der Waals surface area contributed by atoms with Gasteiger partial charge in [-0.05, 0) is 61.8 Å². The minimum Gasteiger partial charge on any atom is -0.392 e. The standard InChI is InChI=1S/C19H26N2O3/c1-11-8-16-9-15(19(24)20-10-12(2)22)6-7-17(16)21(13(3)23)18(11)14-4-5-14/h6-7,9,11-12,14,18,22H,4-5,8,10H2,1-3H3,(H,20,24)/t11?,12?,18-/m1/s1. The topological polar surface area (TPSA) is 69.6 Å². The highest BCUT2D eigenvalue weighted by atomic mass is 16.3. The van der Waals surface area contributed by atoms with Gasteiger partial charge in [-0.25, -0.2) is 0 Å². The van der Waals surface area contributed by atoms with Crippen LogP contribution in [0.4, 0.5) is 5.69 Å². The van der Waals surface area contributed by atoms with Crippen LogP contribution in [-0.4, -0.2) is 35.6 Å². The van der Waals surface area contributed by atoms with Crippen molar-refractivity contribution in [2.45, 2.75) is 52.2 Å². The van der Waals surface area contributed by atoms with Gasteiger partial charge in [0.15, 0.2) is 0 Å². The molecule has 3 rings (SSSR count). The molecule has 5 heteroatoms. The van der Waals surface area contributed by atoms with Gasteiger partial charge in [-0.3, -0.25) is 9.59 Å². The summed E-state index contributed by atoms with van der Waals surface area (Å²) in [6.45, 7) is 5.69. The van der Waals surface area contributed by atoms with Crippen molar-refractivity contribution in [3.8, 4) is 0 Å². The monoisotopic (exact) mass is 330 g/mol. The van der Waals surface area contributed by atoms with Gasteiger partial charge >= 0.3 is 0 Å². The number of nitrogens with one attached hydrogen (secondary N) is 1. The molecule has 24 heavy (non-hydrogen) atoms. The van der Waals surface area contributed by atoms with Gasteiger partial charge in [0.25, 0.3) is 5.91 Å². The maximum atomic E-state index is 12.3. The number of benzene rings is 1. The fourth-order valence-electron chi connectivity index (χ4n) is 3.84. The Balaban J connectivity index is 1.88. The van der Waals surface area contributed by atoms with E-state index in [0.29, 0.717) is 17.4 Å². The van der Waals surface area contributed by atoms with Crippen LogP contribution in [0.15, 0.2) is 18.2 Å². The van der Waals surface area contributed by atoms with E-state index in [-0.39, 0.29) is 24.4 Å². The molecule has 2 N–H and O–H groups in total. The highest BCUT2D eigenvalue weighted by molar-refractivity contribution is 5.97. The third kappa shape index (κ3) is 3.31. The maximum absolute atomic E-state index is 12.3. The quantitative estimate of drug-likeness (QED) is 0.888. The Morgan fingerprint density at radius 3 is 2.67 bits per heavy atom. The number of aliphatic hydroxyl groups is 1. The third-order valence-corrected chi connectivity index (χ3v) is 5.03. The first-order valence-corrected chi connectivity index (χ1v) is 8.77. The number of carbonyl (C=O) groups excluding carboxylic acids is 2. The van der Waals surface area contributed by atoms with Crippen LogP contribution < -0.4 is 10.2 Å². The summed E-state index contributed by atoms with van der Waals surface area (Å²) in [5, 5.41) is 12.0. The van der Waals surface area contributed by atoms with Crippen molar-refractivity contribution in [3.05, 3.63) is 29.3 Å². The van der Waals surface area contributed by atoms with E-state index < -0.39 is 6.10 Å². The molecule has 2 aliphatic rings. The van der Waals surface area contributed by atoms with Crippen molar-refractivity contribution in [2.75, 3.05) is 11.4 Å². The van der Waals surface area contributed by atoms with Crippen molar-refractivity contribution in [3.63, 3.8) is 0 Å². The lowest BCUT2D eigenvalue weighted by Gasteiger charge is -2.41. The molecule has 130 valence electrons. The first-order valence-electron chi connectivity index (χ1n) is 8.77. The molecule has 0 bridgehead atoms. The average Bonchev–Trinajstić information content (AvgIpc) is 3.34. The number of aliphatic hydroxyl groups excluding tert-OH is 1. The minimum atomic E-state index is -0.570. The summed E-state index contributed by atoms with van der Waals surface area (Å²) in [6, 6.07) is 5.84. The van der Waals surface area contributed by atoms with Gasteiger partial charge in [0.1, 0.15) is 0 Å². The van der Waals surface area contributed by atoms with Gasteiger partial charge in [0.05, 0.1) is 6.10 Å². The molecule has 1 aromatic rings. The minimum absolute atomic E-state index is 0.0750. The molecule has 0 saturated heterocycles. The Hall–Kier alpha value is -1.88. The molecule has 1 aromatic carbocycles. The lowest BCUT2D eigenvalue weighted by atomic mass is 9.83. The van der Waals surface area contributed by atoms with Crippen molar-refractivity contribution >= 4 is 17.5 Å². The van der Waals surface area contributed by atoms with Gasteiger partial charge < -0.3 is 15.3 Å². The highest BCUT2D eigenvalue weighted by Gasteiger charge is 2.43. The SMILES string of the molecule is CC(=O)N1c2ccc(C(=O)NCC(C)O)cc2CC(C)[C@@H]1C1CC1. The predicted octanol–water partition coefficient (Wildman–Crippen LogP) is 2.12. The molecule has 1 aliphatic carbocycles. The van der Waals surface area contributed by atoms with E-state index in [0.717, 1.165) is 17.7 Å². The molecule has 1 aliphatic heterocycles. The zero-order chi connectivity index (χ0) is 17.4. The fraction of sp³-hybridized carbons (Fsp3) is 0.579. The number of hydrogen-bond donors (Lipinski definition) is 2. The predicted molar refractivity (Wildman–Crippen MR) is 93.0 cm³/mol. The number of rotatable bonds is 4.